The second-order valence-electron chi connectivity index (χ2n) is 9.66. The molecule has 1 aromatic heterocycles. The molecule has 176 valence electrons. The van der Waals surface area contributed by atoms with E-state index in [1.165, 1.54) is 11.3 Å². The van der Waals surface area contributed by atoms with Gasteiger partial charge in [-0.25, -0.2) is 4.98 Å². The van der Waals surface area contributed by atoms with Crippen molar-refractivity contribution in [1.29, 1.82) is 0 Å². The predicted octanol–water partition coefficient (Wildman–Crippen LogP) is 6.40. The lowest BCUT2D eigenvalue weighted by Crippen LogP contribution is -2.31. The first-order valence-corrected chi connectivity index (χ1v) is 12.4. The van der Waals surface area contributed by atoms with E-state index in [0.29, 0.717) is 17.1 Å². The van der Waals surface area contributed by atoms with Crippen LogP contribution in [-0.4, -0.2) is 33.2 Å². The Morgan fingerprint density at radius 3 is 2.32 bits per heavy atom. The number of nitrogens with zero attached hydrogens (tertiary/aromatic N) is 2. The molecule has 1 unspecified atom stereocenters. The van der Waals surface area contributed by atoms with Crippen LogP contribution in [0.4, 0.5) is 0 Å². The summed E-state index contributed by atoms with van der Waals surface area (Å²) in [6.45, 7) is 10.6. The molecule has 0 radical (unpaired) electrons. The van der Waals surface area contributed by atoms with Crippen LogP contribution >= 0.6 is 11.3 Å². The van der Waals surface area contributed by atoms with Gasteiger partial charge in [0, 0.05) is 12.1 Å². The zero-order chi connectivity index (χ0) is 24.6. The minimum atomic E-state index is -0.629. The van der Waals surface area contributed by atoms with Crippen molar-refractivity contribution in [2.75, 3.05) is 6.54 Å². The van der Waals surface area contributed by atoms with E-state index >= 15 is 0 Å². The van der Waals surface area contributed by atoms with Crippen molar-refractivity contribution in [3.05, 3.63) is 87.6 Å². The zero-order valence-corrected chi connectivity index (χ0v) is 21.1. The molecule has 2 heterocycles. The number of aryl methyl sites for hydroxylation is 1. The highest BCUT2D eigenvalue weighted by Gasteiger charge is 2.44. The number of ketones is 1. The van der Waals surface area contributed by atoms with E-state index in [-0.39, 0.29) is 16.8 Å². The van der Waals surface area contributed by atoms with Crippen molar-refractivity contribution in [1.82, 2.24) is 9.88 Å². The highest BCUT2D eigenvalue weighted by molar-refractivity contribution is 7.17. The molecule has 1 amide bonds. The number of aromatic nitrogens is 1. The normalized spacial score (nSPS) is 16.4. The van der Waals surface area contributed by atoms with E-state index in [9.17, 15) is 14.7 Å². The van der Waals surface area contributed by atoms with Crippen molar-refractivity contribution >= 4 is 23.0 Å². The SMILES string of the molecule is CCCN1C(=O)C(O)=C(C(=O)c2sc(-c3ccccc3)nc2C)C1c1ccc(C(C)(C)C)cc1. The van der Waals surface area contributed by atoms with Crippen LogP contribution in [0.3, 0.4) is 0 Å². The molecule has 0 bridgehead atoms. The zero-order valence-electron chi connectivity index (χ0n) is 20.3. The minimum absolute atomic E-state index is 0.0165. The van der Waals surface area contributed by atoms with E-state index in [1.54, 1.807) is 11.8 Å². The lowest BCUT2D eigenvalue weighted by Gasteiger charge is -2.27. The number of aliphatic hydroxyl groups excluding tert-OH is 1. The number of carbonyl (C=O) groups is 2. The second kappa shape index (κ2) is 9.18. The van der Waals surface area contributed by atoms with Gasteiger partial charge < -0.3 is 10.0 Å². The number of rotatable bonds is 6. The van der Waals surface area contributed by atoms with Crippen molar-refractivity contribution in [2.24, 2.45) is 0 Å². The molecule has 1 aliphatic rings. The largest absolute Gasteiger partial charge is 0.503 e. The summed E-state index contributed by atoms with van der Waals surface area (Å²) in [5.74, 6) is -1.30. The fourth-order valence-electron chi connectivity index (χ4n) is 4.30. The Balaban J connectivity index is 1.78. The van der Waals surface area contributed by atoms with E-state index in [2.05, 4.69) is 25.8 Å². The third-order valence-electron chi connectivity index (χ3n) is 6.13. The predicted molar refractivity (Wildman–Crippen MR) is 136 cm³/mol. The van der Waals surface area contributed by atoms with Crippen LogP contribution in [0.25, 0.3) is 10.6 Å². The second-order valence-corrected chi connectivity index (χ2v) is 10.7. The van der Waals surface area contributed by atoms with Crippen LogP contribution in [0.2, 0.25) is 0 Å². The molecular weight excluding hydrogens is 444 g/mol. The molecule has 3 aromatic rings. The van der Waals surface area contributed by atoms with Crippen molar-refractivity contribution < 1.29 is 14.7 Å². The van der Waals surface area contributed by atoms with Crippen LogP contribution in [0.1, 0.15) is 66.7 Å². The first kappa shape index (κ1) is 23.9. The number of hydrogen-bond donors (Lipinski definition) is 1. The van der Waals surface area contributed by atoms with Gasteiger partial charge in [-0.2, -0.15) is 0 Å². The summed E-state index contributed by atoms with van der Waals surface area (Å²) in [5.41, 5.74) is 3.61. The summed E-state index contributed by atoms with van der Waals surface area (Å²) in [6, 6.07) is 17.0. The molecule has 1 aliphatic heterocycles. The Hall–Kier alpha value is -3.25. The smallest absolute Gasteiger partial charge is 0.290 e. The lowest BCUT2D eigenvalue weighted by molar-refractivity contribution is -0.129. The van der Waals surface area contributed by atoms with Gasteiger partial charge in [-0.3, -0.25) is 9.59 Å². The van der Waals surface area contributed by atoms with E-state index < -0.39 is 17.7 Å². The van der Waals surface area contributed by atoms with Crippen LogP contribution in [0.15, 0.2) is 65.9 Å². The van der Waals surface area contributed by atoms with Crippen molar-refractivity contribution in [2.45, 2.75) is 52.5 Å². The first-order chi connectivity index (χ1) is 16.1. The first-order valence-electron chi connectivity index (χ1n) is 11.6. The number of benzene rings is 2. The number of thiazole rings is 1. The number of Topliss-reactive ketones (excluding diaryl/α,β-unsaturated/α-hetero) is 1. The molecule has 0 spiro atoms. The van der Waals surface area contributed by atoms with E-state index in [1.807, 2.05) is 61.5 Å². The van der Waals surface area contributed by atoms with E-state index in [4.69, 9.17) is 0 Å². The Labute approximate surface area is 204 Å². The molecule has 2 aromatic carbocycles. The number of carbonyl (C=O) groups excluding carboxylic acids is 2. The van der Waals surface area contributed by atoms with E-state index in [0.717, 1.165) is 28.1 Å². The third-order valence-corrected chi connectivity index (χ3v) is 7.33. The lowest BCUT2D eigenvalue weighted by atomic mass is 9.85. The highest BCUT2D eigenvalue weighted by atomic mass is 32.1. The van der Waals surface area contributed by atoms with Crippen LogP contribution in [0.5, 0.6) is 0 Å². The Kier molecular flexibility index (Phi) is 6.45. The molecule has 1 N–H and O–H groups in total. The standard InChI is InChI=1S/C28H30N2O3S/c1-6-16-30-22(18-12-14-20(15-13-18)28(3,4)5)21(24(32)27(30)33)23(31)25-17(2)29-26(34-25)19-10-8-7-9-11-19/h7-15,22,32H,6,16H2,1-5H3. The maximum absolute atomic E-state index is 13.8. The molecule has 0 saturated carbocycles. The van der Waals surface area contributed by atoms with Gasteiger partial charge >= 0.3 is 0 Å². The average molecular weight is 475 g/mol. The molecule has 6 heteroatoms. The van der Waals surface area contributed by atoms with Crippen LogP contribution < -0.4 is 0 Å². The Bertz CT molecular complexity index is 1250. The van der Waals surface area contributed by atoms with Gasteiger partial charge in [0.05, 0.1) is 22.2 Å². The van der Waals surface area contributed by atoms with Gasteiger partial charge in [-0.05, 0) is 29.9 Å². The van der Waals surface area contributed by atoms with Gasteiger partial charge in [0.2, 0.25) is 5.78 Å². The topological polar surface area (TPSA) is 70.5 Å². The molecule has 5 nitrogen and oxygen atoms in total. The molecular formula is C28H30N2O3S. The van der Waals surface area contributed by atoms with Gasteiger partial charge in [-0.15, -0.1) is 11.3 Å². The average Bonchev–Trinajstić information content (AvgIpc) is 3.32. The summed E-state index contributed by atoms with van der Waals surface area (Å²) < 4.78 is 0. The third kappa shape index (κ3) is 4.30. The maximum Gasteiger partial charge on any atom is 0.290 e. The number of amides is 1. The summed E-state index contributed by atoms with van der Waals surface area (Å²) in [7, 11) is 0. The number of aliphatic hydroxyl groups is 1. The number of hydrogen-bond acceptors (Lipinski definition) is 5. The highest BCUT2D eigenvalue weighted by Crippen LogP contribution is 2.41. The van der Waals surface area contributed by atoms with Gasteiger partial charge in [0.15, 0.2) is 5.76 Å². The molecule has 34 heavy (non-hydrogen) atoms. The van der Waals surface area contributed by atoms with Crippen LogP contribution in [-0.2, 0) is 10.2 Å². The fourth-order valence-corrected chi connectivity index (χ4v) is 5.33. The molecule has 4 rings (SSSR count). The Morgan fingerprint density at radius 2 is 1.74 bits per heavy atom. The maximum atomic E-state index is 13.8. The summed E-state index contributed by atoms with van der Waals surface area (Å²) in [4.78, 5) is 33.5. The molecule has 1 atom stereocenters. The molecule has 0 fully saturated rings. The fraction of sp³-hybridized carbons (Fsp3) is 0.321. The molecule has 0 saturated heterocycles. The van der Waals surface area contributed by atoms with Gasteiger partial charge in [-0.1, -0.05) is 82.3 Å². The monoisotopic (exact) mass is 474 g/mol. The molecule has 0 aliphatic carbocycles. The summed E-state index contributed by atoms with van der Waals surface area (Å²) in [5, 5.41) is 11.6. The Morgan fingerprint density at radius 1 is 1.09 bits per heavy atom. The van der Waals surface area contributed by atoms with Crippen molar-refractivity contribution in [3.8, 4) is 10.6 Å². The summed E-state index contributed by atoms with van der Waals surface area (Å²) in [6.07, 6.45) is 0.717. The van der Waals surface area contributed by atoms with Crippen LogP contribution in [0, 0.1) is 6.92 Å². The van der Waals surface area contributed by atoms with Crippen molar-refractivity contribution in [3.63, 3.8) is 0 Å². The quantitative estimate of drug-likeness (QED) is 0.419. The van der Waals surface area contributed by atoms with Gasteiger partial charge in [0.1, 0.15) is 5.01 Å². The minimum Gasteiger partial charge on any atom is -0.503 e. The summed E-state index contributed by atoms with van der Waals surface area (Å²) >= 11 is 1.29. The van der Waals surface area contributed by atoms with Gasteiger partial charge in [0.25, 0.3) is 5.91 Å².